The molecular weight excluding hydrogens is 408 g/mol. The predicted molar refractivity (Wildman–Crippen MR) is 120 cm³/mol. The van der Waals surface area contributed by atoms with Gasteiger partial charge in [0.1, 0.15) is 6.61 Å². The van der Waals surface area contributed by atoms with E-state index in [1.165, 1.54) is 0 Å². The molecule has 1 heterocycles. The second-order valence-corrected chi connectivity index (χ2v) is 8.29. The molecule has 0 bridgehead atoms. The van der Waals surface area contributed by atoms with Gasteiger partial charge in [-0.15, -0.1) is 11.8 Å². The van der Waals surface area contributed by atoms with E-state index in [1.54, 1.807) is 23.7 Å². The Balaban J connectivity index is 1.40. The average molecular weight is 431 g/mol. The van der Waals surface area contributed by atoms with Crippen LogP contribution < -0.4 is 9.47 Å². The van der Waals surface area contributed by atoms with Crippen LogP contribution in [0.4, 0.5) is 0 Å². The lowest BCUT2D eigenvalue weighted by Gasteiger charge is -2.29. The first kappa shape index (κ1) is 20.8. The summed E-state index contributed by atoms with van der Waals surface area (Å²) >= 11 is 1.61. The summed E-state index contributed by atoms with van der Waals surface area (Å²) in [5, 5.41) is 8.94. The highest BCUT2D eigenvalue weighted by molar-refractivity contribution is 7.98. The summed E-state index contributed by atoms with van der Waals surface area (Å²) in [6, 6.07) is 24.8. The Kier molecular flexibility index (Phi) is 6.44. The molecule has 31 heavy (non-hydrogen) atoms. The molecule has 1 aliphatic heterocycles. The molecule has 0 saturated carbocycles. The van der Waals surface area contributed by atoms with E-state index < -0.39 is 0 Å². The van der Waals surface area contributed by atoms with Gasteiger partial charge >= 0.3 is 0 Å². The lowest BCUT2D eigenvalue weighted by Crippen LogP contribution is -2.41. The Morgan fingerprint density at radius 3 is 2.55 bits per heavy atom. The highest BCUT2D eigenvalue weighted by Crippen LogP contribution is 2.31. The molecule has 1 unspecified atom stereocenters. The normalized spacial score (nSPS) is 14.5. The first-order valence-corrected chi connectivity index (χ1v) is 11.0. The van der Waals surface area contributed by atoms with Crippen molar-refractivity contribution < 1.29 is 14.3 Å². The molecule has 0 saturated heterocycles. The van der Waals surface area contributed by atoms with E-state index >= 15 is 0 Å². The van der Waals surface area contributed by atoms with Gasteiger partial charge in [0.05, 0.1) is 23.7 Å². The van der Waals surface area contributed by atoms with Crippen LogP contribution in [-0.4, -0.2) is 37.1 Å². The van der Waals surface area contributed by atoms with E-state index in [-0.39, 0.29) is 12.0 Å². The van der Waals surface area contributed by atoms with Crippen molar-refractivity contribution in [1.29, 1.82) is 5.26 Å². The largest absolute Gasteiger partial charge is 0.486 e. The van der Waals surface area contributed by atoms with Crippen molar-refractivity contribution in [2.75, 3.05) is 20.2 Å². The lowest BCUT2D eigenvalue weighted by atomic mass is 10.2. The maximum atomic E-state index is 13.2. The minimum atomic E-state index is -0.220. The number of carbonyl (C=O) groups excluding carboxylic acids is 1. The minimum Gasteiger partial charge on any atom is -0.486 e. The predicted octanol–water partition coefficient (Wildman–Crippen LogP) is 4.76. The zero-order chi connectivity index (χ0) is 21.6. The van der Waals surface area contributed by atoms with Crippen LogP contribution >= 0.6 is 11.8 Å². The molecule has 4 rings (SSSR count). The number of nitrogens with zero attached hydrogens (tertiary/aromatic N) is 2. The fourth-order valence-electron chi connectivity index (χ4n) is 3.35. The third kappa shape index (κ3) is 5.01. The van der Waals surface area contributed by atoms with Crippen molar-refractivity contribution in [3.8, 4) is 17.6 Å². The molecule has 1 atom stereocenters. The number of benzene rings is 3. The number of para-hydroxylation sites is 2. The topological polar surface area (TPSA) is 62.6 Å². The molecule has 0 N–H and O–H groups in total. The second-order valence-electron chi connectivity index (χ2n) is 7.28. The van der Waals surface area contributed by atoms with Crippen LogP contribution in [0.1, 0.15) is 21.5 Å². The number of hydrogen-bond acceptors (Lipinski definition) is 5. The van der Waals surface area contributed by atoms with Crippen molar-refractivity contribution in [3.63, 3.8) is 0 Å². The molecule has 0 aliphatic carbocycles. The molecule has 0 radical (unpaired) electrons. The molecular formula is C25H22N2O3S. The summed E-state index contributed by atoms with van der Waals surface area (Å²) in [5.41, 5.74) is 2.41. The first-order chi connectivity index (χ1) is 15.1. The van der Waals surface area contributed by atoms with Crippen molar-refractivity contribution in [1.82, 2.24) is 4.90 Å². The molecule has 6 heteroatoms. The Labute approximate surface area is 186 Å². The smallest absolute Gasteiger partial charge is 0.254 e. The van der Waals surface area contributed by atoms with Crippen molar-refractivity contribution in [2.45, 2.75) is 16.8 Å². The Morgan fingerprint density at radius 1 is 1.06 bits per heavy atom. The maximum absolute atomic E-state index is 13.2. The van der Waals surface area contributed by atoms with E-state index in [9.17, 15) is 4.79 Å². The maximum Gasteiger partial charge on any atom is 0.254 e. The second kappa shape index (κ2) is 9.59. The van der Waals surface area contributed by atoms with Crippen LogP contribution in [0.3, 0.4) is 0 Å². The summed E-state index contributed by atoms with van der Waals surface area (Å²) in [5.74, 6) is 2.11. The van der Waals surface area contributed by atoms with Crippen LogP contribution in [-0.2, 0) is 5.75 Å². The number of ether oxygens (including phenoxy) is 2. The number of likely N-dealkylation sites (N-methyl/N-ethyl adjacent to an activating group) is 1. The van der Waals surface area contributed by atoms with Crippen LogP contribution in [0.15, 0.2) is 77.7 Å². The molecule has 0 fully saturated rings. The first-order valence-electron chi connectivity index (χ1n) is 9.99. The van der Waals surface area contributed by atoms with Crippen LogP contribution in [0.25, 0.3) is 0 Å². The van der Waals surface area contributed by atoms with E-state index in [0.717, 1.165) is 22.0 Å². The number of nitriles is 1. The molecule has 5 nitrogen and oxygen atoms in total. The summed E-state index contributed by atoms with van der Waals surface area (Å²) in [4.78, 5) is 15.8. The zero-order valence-corrected chi connectivity index (χ0v) is 18.0. The number of fused-ring (bicyclic) bond motifs is 1. The lowest BCUT2D eigenvalue weighted by molar-refractivity contribution is 0.0519. The van der Waals surface area contributed by atoms with Gasteiger partial charge in [-0.2, -0.15) is 5.26 Å². The van der Waals surface area contributed by atoms with Crippen LogP contribution in [0.5, 0.6) is 11.5 Å². The number of amides is 1. The molecule has 0 spiro atoms. The van der Waals surface area contributed by atoms with E-state index in [4.69, 9.17) is 14.7 Å². The van der Waals surface area contributed by atoms with Crippen molar-refractivity contribution >= 4 is 17.7 Å². The molecule has 156 valence electrons. The highest BCUT2D eigenvalue weighted by atomic mass is 32.2. The average Bonchev–Trinajstić information content (AvgIpc) is 2.82. The standard InChI is InChI=1S/C25H22N2O3S/c1-27(15-20-16-29-22-7-3-4-8-23(22)30-20)25(28)21-6-2-5-9-24(21)31-17-19-12-10-18(14-26)11-13-19/h2-13,20H,15-17H2,1H3. The fraction of sp³-hybridized carbons (Fsp3) is 0.200. The molecule has 0 aromatic heterocycles. The Bertz CT molecular complexity index is 1110. The van der Waals surface area contributed by atoms with Gasteiger partial charge in [-0.25, -0.2) is 0 Å². The van der Waals surface area contributed by atoms with Gasteiger partial charge in [-0.3, -0.25) is 4.79 Å². The van der Waals surface area contributed by atoms with Gasteiger partial charge < -0.3 is 14.4 Å². The zero-order valence-electron chi connectivity index (χ0n) is 17.2. The molecule has 3 aromatic rings. The van der Waals surface area contributed by atoms with Gasteiger partial charge in [-0.05, 0) is 42.0 Å². The SMILES string of the molecule is CN(CC1COc2ccccc2O1)C(=O)c1ccccc1SCc1ccc(C#N)cc1. The van der Waals surface area contributed by atoms with Gasteiger partial charge in [0.15, 0.2) is 17.6 Å². The van der Waals surface area contributed by atoms with E-state index in [2.05, 4.69) is 6.07 Å². The van der Waals surface area contributed by atoms with Gasteiger partial charge in [0.25, 0.3) is 5.91 Å². The van der Waals surface area contributed by atoms with Crippen LogP contribution in [0.2, 0.25) is 0 Å². The third-order valence-electron chi connectivity index (χ3n) is 4.99. The highest BCUT2D eigenvalue weighted by Gasteiger charge is 2.25. The number of hydrogen-bond donors (Lipinski definition) is 0. The summed E-state index contributed by atoms with van der Waals surface area (Å²) in [6.45, 7) is 0.839. The van der Waals surface area contributed by atoms with Crippen molar-refractivity contribution in [2.24, 2.45) is 0 Å². The Hall–Kier alpha value is -3.43. The van der Waals surface area contributed by atoms with Gasteiger partial charge in [0, 0.05) is 17.7 Å². The van der Waals surface area contributed by atoms with Crippen LogP contribution in [0, 0.1) is 11.3 Å². The minimum absolute atomic E-state index is 0.0506. The van der Waals surface area contributed by atoms with Crippen molar-refractivity contribution in [3.05, 3.63) is 89.5 Å². The van der Waals surface area contributed by atoms with Gasteiger partial charge in [-0.1, -0.05) is 36.4 Å². The molecule has 1 aliphatic rings. The number of rotatable bonds is 6. The monoisotopic (exact) mass is 430 g/mol. The molecule has 1 amide bonds. The third-order valence-corrected chi connectivity index (χ3v) is 6.13. The molecule has 3 aromatic carbocycles. The summed E-state index contributed by atoms with van der Waals surface area (Å²) in [6.07, 6.45) is -0.220. The van der Waals surface area contributed by atoms with E-state index in [1.807, 2.05) is 72.8 Å². The van der Waals surface area contributed by atoms with Gasteiger partial charge in [0.2, 0.25) is 0 Å². The quantitative estimate of drug-likeness (QED) is 0.528. The Morgan fingerprint density at radius 2 is 1.77 bits per heavy atom. The summed E-state index contributed by atoms with van der Waals surface area (Å²) in [7, 11) is 1.79. The fourth-order valence-corrected chi connectivity index (χ4v) is 4.35. The van der Waals surface area contributed by atoms with E-state index in [0.29, 0.717) is 30.0 Å². The number of thioether (sulfide) groups is 1. The number of carbonyl (C=O) groups is 1. The summed E-state index contributed by atoms with van der Waals surface area (Å²) < 4.78 is 11.8.